The summed E-state index contributed by atoms with van der Waals surface area (Å²) in [5.74, 6) is -2.06. The second kappa shape index (κ2) is 6.93. The summed E-state index contributed by atoms with van der Waals surface area (Å²) in [6, 6.07) is -0.0182. The molecule has 0 saturated heterocycles. The first-order valence-corrected chi connectivity index (χ1v) is 7.44. The lowest BCUT2D eigenvalue weighted by Gasteiger charge is -2.31. The van der Waals surface area contributed by atoms with Crippen molar-refractivity contribution in [2.45, 2.75) is 44.9 Å². The van der Waals surface area contributed by atoms with E-state index in [0.29, 0.717) is 5.06 Å². The summed E-state index contributed by atoms with van der Waals surface area (Å²) in [7, 11) is 0. The van der Waals surface area contributed by atoms with Crippen LogP contribution in [0.25, 0.3) is 0 Å². The molecule has 0 radical (unpaired) electrons. The van der Waals surface area contributed by atoms with E-state index in [2.05, 4.69) is 10.3 Å². The number of nitrogens with one attached hydrogen (secondary N) is 1. The second-order valence-corrected chi connectivity index (χ2v) is 6.37. The Kier molecular flexibility index (Phi) is 5.12. The van der Waals surface area contributed by atoms with Gasteiger partial charge in [-0.3, -0.25) is 15.0 Å². The highest BCUT2D eigenvalue weighted by molar-refractivity contribution is 5.98. The molecule has 0 aromatic carbocycles. The van der Waals surface area contributed by atoms with Crippen LogP contribution in [-0.2, 0) is 14.3 Å². The average Bonchev–Trinajstić information content (AvgIpc) is 2.49. The second-order valence-electron chi connectivity index (χ2n) is 6.37. The predicted octanol–water partition coefficient (Wildman–Crippen LogP) is 0.933. The van der Waals surface area contributed by atoms with Gasteiger partial charge in [0, 0.05) is 18.7 Å². The van der Waals surface area contributed by atoms with E-state index in [1.807, 2.05) is 0 Å². The van der Waals surface area contributed by atoms with Gasteiger partial charge in [0.05, 0.1) is 6.20 Å². The monoisotopic (exact) mass is 353 g/mol. The molecule has 136 valence electrons. The summed E-state index contributed by atoms with van der Waals surface area (Å²) >= 11 is 0. The number of carbonyl (C=O) groups is 3. The third kappa shape index (κ3) is 4.57. The van der Waals surface area contributed by atoms with Gasteiger partial charge in [0.1, 0.15) is 23.1 Å². The van der Waals surface area contributed by atoms with Crippen molar-refractivity contribution >= 4 is 23.7 Å². The summed E-state index contributed by atoms with van der Waals surface area (Å²) in [5, 5.41) is 21.7. The van der Waals surface area contributed by atoms with Crippen molar-refractivity contribution in [3.63, 3.8) is 0 Å². The number of alkyl carbamates (subject to hydrolysis) is 1. The SMILES string of the molecule is CC(C)(C)OC(=O)N[C@@H](C[C@@H]1Oc2ccncc2N(O)C1=O)C(=O)O. The van der Waals surface area contributed by atoms with Crippen LogP contribution >= 0.6 is 0 Å². The molecule has 0 spiro atoms. The highest BCUT2D eigenvalue weighted by atomic mass is 16.6. The first kappa shape index (κ1) is 18.5. The zero-order valence-corrected chi connectivity index (χ0v) is 13.9. The summed E-state index contributed by atoms with van der Waals surface area (Å²) in [6.07, 6.45) is 0.000707. The number of hydrogen-bond acceptors (Lipinski definition) is 7. The van der Waals surface area contributed by atoms with Crippen molar-refractivity contribution in [1.29, 1.82) is 0 Å². The van der Waals surface area contributed by atoms with Crippen molar-refractivity contribution in [3.8, 4) is 5.75 Å². The van der Waals surface area contributed by atoms with Gasteiger partial charge in [0.2, 0.25) is 0 Å². The van der Waals surface area contributed by atoms with Crippen LogP contribution in [0.5, 0.6) is 5.75 Å². The van der Waals surface area contributed by atoms with Gasteiger partial charge in [-0.2, -0.15) is 5.06 Å². The minimum atomic E-state index is -1.44. The quantitative estimate of drug-likeness (QED) is 0.680. The van der Waals surface area contributed by atoms with E-state index in [9.17, 15) is 24.7 Å². The molecule has 2 heterocycles. The smallest absolute Gasteiger partial charge is 0.408 e. The first-order chi connectivity index (χ1) is 11.6. The van der Waals surface area contributed by atoms with Crippen molar-refractivity contribution < 1.29 is 34.2 Å². The van der Waals surface area contributed by atoms with E-state index < -0.39 is 42.1 Å². The van der Waals surface area contributed by atoms with Gasteiger partial charge < -0.3 is 19.9 Å². The van der Waals surface area contributed by atoms with E-state index in [0.717, 1.165) is 0 Å². The fraction of sp³-hybridized carbons (Fsp3) is 0.467. The lowest BCUT2D eigenvalue weighted by atomic mass is 10.1. The minimum Gasteiger partial charge on any atom is -0.480 e. The number of nitrogens with zero attached hydrogens (tertiary/aromatic N) is 2. The maximum absolute atomic E-state index is 12.1. The van der Waals surface area contributed by atoms with E-state index >= 15 is 0 Å². The van der Waals surface area contributed by atoms with E-state index in [1.165, 1.54) is 18.5 Å². The molecule has 25 heavy (non-hydrogen) atoms. The molecule has 1 aromatic rings. The van der Waals surface area contributed by atoms with Gasteiger partial charge in [-0.25, -0.2) is 9.59 Å². The molecule has 2 atom stereocenters. The van der Waals surface area contributed by atoms with E-state index in [1.54, 1.807) is 20.8 Å². The Morgan fingerprint density at radius 3 is 2.76 bits per heavy atom. The van der Waals surface area contributed by atoms with Gasteiger partial charge in [0.25, 0.3) is 5.91 Å². The summed E-state index contributed by atoms with van der Waals surface area (Å²) in [5.41, 5.74) is -0.756. The maximum Gasteiger partial charge on any atom is 0.408 e. The molecular weight excluding hydrogens is 334 g/mol. The molecule has 0 aliphatic carbocycles. The van der Waals surface area contributed by atoms with E-state index in [-0.39, 0.29) is 11.4 Å². The Morgan fingerprint density at radius 2 is 2.16 bits per heavy atom. The molecule has 0 fully saturated rings. The molecule has 10 nitrogen and oxygen atoms in total. The molecule has 0 unspecified atom stereocenters. The van der Waals surface area contributed by atoms with Crippen LogP contribution < -0.4 is 15.1 Å². The average molecular weight is 353 g/mol. The number of hydrogen-bond donors (Lipinski definition) is 3. The summed E-state index contributed by atoms with van der Waals surface area (Å²) < 4.78 is 10.4. The molecule has 0 bridgehead atoms. The molecule has 2 amide bonds. The number of ether oxygens (including phenoxy) is 2. The molecule has 2 rings (SSSR count). The lowest BCUT2D eigenvalue weighted by Crippen LogP contribution is -2.51. The van der Waals surface area contributed by atoms with Gasteiger partial charge in [-0.1, -0.05) is 0 Å². The van der Waals surface area contributed by atoms with Gasteiger partial charge in [-0.15, -0.1) is 0 Å². The molecule has 1 aliphatic heterocycles. The van der Waals surface area contributed by atoms with Crippen LogP contribution in [0.1, 0.15) is 27.2 Å². The number of pyridine rings is 1. The molecule has 1 aromatic heterocycles. The molecule has 0 saturated carbocycles. The molecule has 3 N–H and O–H groups in total. The largest absolute Gasteiger partial charge is 0.480 e. The number of carbonyl (C=O) groups excluding carboxylic acids is 2. The molecule has 1 aliphatic rings. The number of hydroxylamine groups is 1. The number of aromatic nitrogens is 1. The number of carboxylic acids is 1. The highest BCUT2D eigenvalue weighted by Gasteiger charge is 2.38. The summed E-state index contributed by atoms with van der Waals surface area (Å²) in [4.78, 5) is 39.1. The fourth-order valence-electron chi connectivity index (χ4n) is 2.13. The van der Waals surface area contributed by atoms with Crippen LogP contribution in [0.4, 0.5) is 10.5 Å². The minimum absolute atomic E-state index is 0.0516. The Balaban J connectivity index is 2.11. The third-order valence-corrected chi connectivity index (χ3v) is 3.18. The summed E-state index contributed by atoms with van der Waals surface area (Å²) in [6.45, 7) is 4.89. The Morgan fingerprint density at radius 1 is 1.48 bits per heavy atom. The maximum atomic E-state index is 12.1. The zero-order chi connectivity index (χ0) is 18.8. The van der Waals surface area contributed by atoms with Crippen molar-refractivity contribution in [1.82, 2.24) is 10.3 Å². The topological polar surface area (TPSA) is 138 Å². The van der Waals surface area contributed by atoms with Gasteiger partial charge >= 0.3 is 12.1 Å². The number of rotatable bonds is 4. The Hall–Kier alpha value is -2.88. The van der Waals surface area contributed by atoms with Gasteiger partial charge in [-0.05, 0) is 20.8 Å². The fourth-order valence-corrected chi connectivity index (χ4v) is 2.13. The number of amides is 2. The van der Waals surface area contributed by atoms with Crippen molar-refractivity contribution in [2.24, 2.45) is 0 Å². The van der Waals surface area contributed by atoms with Crippen LogP contribution in [0.15, 0.2) is 18.5 Å². The predicted molar refractivity (Wildman–Crippen MR) is 83.3 cm³/mol. The number of carboxylic acid groups (broad SMARTS) is 1. The normalized spacial score (nSPS) is 18.0. The third-order valence-electron chi connectivity index (χ3n) is 3.18. The highest BCUT2D eigenvalue weighted by Crippen LogP contribution is 2.32. The lowest BCUT2D eigenvalue weighted by molar-refractivity contribution is -0.141. The first-order valence-electron chi connectivity index (χ1n) is 7.44. The van der Waals surface area contributed by atoms with Crippen molar-refractivity contribution in [2.75, 3.05) is 5.06 Å². The van der Waals surface area contributed by atoms with Crippen LogP contribution in [0.3, 0.4) is 0 Å². The van der Waals surface area contributed by atoms with Crippen molar-refractivity contribution in [3.05, 3.63) is 18.5 Å². The Bertz CT molecular complexity index is 686. The van der Waals surface area contributed by atoms with Gasteiger partial charge in [0.15, 0.2) is 6.10 Å². The standard InChI is InChI=1S/C15H19N3O7/c1-15(2,3)25-14(22)17-8(13(20)21)6-11-12(19)18(23)9-7-16-5-4-10(9)24-11/h4-5,7-8,11,23H,6H2,1-3H3,(H,17,22)(H,20,21)/t8-,11-/m0/s1. The van der Waals surface area contributed by atoms with Crippen LogP contribution in [-0.4, -0.2) is 51.0 Å². The number of aliphatic carboxylic acids is 1. The molecular formula is C15H19N3O7. The van der Waals surface area contributed by atoms with Crippen LogP contribution in [0, 0.1) is 0 Å². The zero-order valence-electron chi connectivity index (χ0n) is 13.9. The Labute approximate surface area is 143 Å². The van der Waals surface area contributed by atoms with Crippen LogP contribution in [0.2, 0.25) is 0 Å². The number of anilines is 1. The number of fused-ring (bicyclic) bond motifs is 1. The van der Waals surface area contributed by atoms with E-state index in [4.69, 9.17) is 9.47 Å². The molecule has 10 heteroatoms.